The Morgan fingerprint density at radius 1 is 1.12 bits per heavy atom. The first-order valence-corrected chi connectivity index (χ1v) is 7.77. The molecule has 5 atom stereocenters. The largest absolute Gasteiger partial charge is 0.325 e. The normalized spacial score (nSPS) is 50.3. The van der Waals surface area contributed by atoms with Crippen molar-refractivity contribution in [2.24, 2.45) is 28.9 Å². The maximum Gasteiger partial charge on any atom is 0.0159 e. The quantitative estimate of drug-likeness (QED) is 0.775. The lowest BCUT2D eigenvalue weighted by molar-refractivity contribution is -0.0554. The van der Waals surface area contributed by atoms with E-state index in [1.807, 2.05) is 0 Å². The van der Waals surface area contributed by atoms with Crippen LogP contribution in [0.15, 0.2) is 0 Å². The topological polar surface area (TPSA) is 26.0 Å². The average Bonchev–Trinajstić information content (AvgIpc) is 2.33. The van der Waals surface area contributed by atoms with E-state index >= 15 is 0 Å². The summed E-state index contributed by atoms with van der Waals surface area (Å²) in [7, 11) is 0. The van der Waals surface area contributed by atoms with Crippen LogP contribution in [0.3, 0.4) is 0 Å². The molecule has 100 valence electrons. The Kier molecular flexibility index (Phi) is 3.60. The predicted octanol–water partition coefficient (Wildman–Crippen LogP) is 4.36. The highest BCUT2D eigenvalue weighted by Gasteiger charge is 2.52. The van der Waals surface area contributed by atoms with Gasteiger partial charge in [-0.2, -0.15) is 0 Å². The van der Waals surface area contributed by atoms with Gasteiger partial charge in [0.2, 0.25) is 0 Å². The van der Waals surface area contributed by atoms with Crippen LogP contribution in [0.25, 0.3) is 0 Å². The summed E-state index contributed by atoms with van der Waals surface area (Å²) in [4.78, 5) is 0. The van der Waals surface area contributed by atoms with Gasteiger partial charge in [0.05, 0.1) is 0 Å². The van der Waals surface area contributed by atoms with Crippen molar-refractivity contribution < 1.29 is 0 Å². The van der Waals surface area contributed by atoms with E-state index in [9.17, 15) is 0 Å². The van der Waals surface area contributed by atoms with Crippen molar-refractivity contribution in [2.75, 3.05) is 0 Å². The van der Waals surface area contributed by atoms with E-state index in [2.05, 4.69) is 27.7 Å². The van der Waals surface area contributed by atoms with Crippen LogP contribution in [0.5, 0.6) is 0 Å². The fourth-order valence-corrected chi connectivity index (χ4v) is 4.95. The van der Waals surface area contributed by atoms with Crippen LogP contribution in [0, 0.1) is 23.2 Å². The number of rotatable bonds is 3. The highest BCUT2D eigenvalue weighted by molar-refractivity contribution is 5.05. The molecule has 2 N–H and O–H groups in total. The predicted molar refractivity (Wildman–Crippen MR) is 74.8 cm³/mol. The maximum atomic E-state index is 6.69. The SMILES string of the molecule is CCC1CC(C)C2(CC)CC1CC(N)(CC)C2. The lowest BCUT2D eigenvalue weighted by Gasteiger charge is -2.58. The molecule has 1 nitrogen and oxygen atoms in total. The van der Waals surface area contributed by atoms with E-state index in [0.717, 1.165) is 24.2 Å². The summed E-state index contributed by atoms with van der Waals surface area (Å²) in [5.41, 5.74) is 7.40. The van der Waals surface area contributed by atoms with Crippen LogP contribution in [0.4, 0.5) is 0 Å². The Bertz CT molecular complexity index is 275. The molecule has 0 aliphatic heterocycles. The molecule has 2 bridgehead atoms. The highest BCUT2D eigenvalue weighted by atomic mass is 14.8. The van der Waals surface area contributed by atoms with Crippen molar-refractivity contribution in [2.45, 2.75) is 78.2 Å². The van der Waals surface area contributed by atoms with Gasteiger partial charge in [-0.3, -0.25) is 0 Å². The fraction of sp³-hybridized carbons (Fsp3) is 1.00. The van der Waals surface area contributed by atoms with Crippen LogP contribution >= 0.6 is 0 Å². The standard InChI is InChI=1S/C16H31N/c1-5-13-8-12(4)15(6-2)9-14(13)10-16(17,7-3)11-15/h12-14H,5-11,17H2,1-4H3. The maximum absolute atomic E-state index is 6.69. The lowest BCUT2D eigenvalue weighted by Crippen LogP contribution is -2.56. The number of hydrogen-bond donors (Lipinski definition) is 1. The van der Waals surface area contributed by atoms with Crippen molar-refractivity contribution in [3.8, 4) is 0 Å². The van der Waals surface area contributed by atoms with Crippen LogP contribution in [0.2, 0.25) is 0 Å². The molecule has 0 aromatic rings. The molecule has 2 aliphatic rings. The Morgan fingerprint density at radius 3 is 2.35 bits per heavy atom. The zero-order chi connectivity index (χ0) is 12.7. The average molecular weight is 237 g/mol. The van der Waals surface area contributed by atoms with E-state index in [-0.39, 0.29) is 5.54 Å². The first-order valence-electron chi connectivity index (χ1n) is 7.77. The van der Waals surface area contributed by atoms with Gasteiger partial charge in [-0.1, -0.05) is 40.5 Å². The first kappa shape index (κ1) is 13.4. The lowest BCUT2D eigenvalue weighted by atomic mass is 9.49. The van der Waals surface area contributed by atoms with Gasteiger partial charge >= 0.3 is 0 Å². The van der Waals surface area contributed by atoms with E-state index < -0.39 is 0 Å². The molecule has 2 rings (SSSR count). The minimum atomic E-state index is 0.140. The van der Waals surface area contributed by atoms with Crippen molar-refractivity contribution >= 4 is 0 Å². The monoisotopic (exact) mass is 237 g/mol. The van der Waals surface area contributed by atoms with Crippen molar-refractivity contribution in [3.63, 3.8) is 0 Å². The van der Waals surface area contributed by atoms with Crippen molar-refractivity contribution in [1.82, 2.24) is 0 Å². The minimum absolute atomic E-state index is 0.140. The highest BCUT2D eigenvalue weighted by Crippen LogP contribution is 2.58. The second-order valence-electron chi connectivity index (χ2n) is 7.08. The molecule has 1 heteroatoms. The summed E-state index contributed by atoms with van der Waals surface area (Å²) in [5, 5.41) is 0. The summed E-state index contributed by atoms with van der Waals surface area (Å²) in [6, 6.07) is 0. The van der Waals surface area contributed by atoms with Gasteiger partial charge in [-0.05, 0) is 55.3 Å². The molecule has 2 aliphatic carbocycles. The van der Waals surface area contributed by atoms with Gasteiger partial charge in [0, 0.05) is 5.54 Å². The number of nitrogens with two attached hydrogens (primary N) is 1. The molecule has 5 unspecified atom stereocenters. The Hall–Kier alpha value is -0.0400. The second-order valence-corrected chi connectivity index (χ2v) is 7.08. The van der Waals surface area contributed by atoms with Crippen molar-refractivity contribution in [3.05, 3.63) is 0 Å². The van der Waals surface area contributed by atoms with Crippen LogP contribution in [-0.4, -0.2) is 5.54 Å². The smallest absolute Gasteiger partial charge is 0.0159 e. The third-order valence-electron chi connectivity index (χ3n) is 6.34. The molecule has 2 saturated carbocycles. The summed E-state index contributed by atoms with van der Waals surface area (Å²) >= 11 is 0. The van der Waals surface area contributed by atoms with Gasteiger partial charge in [-0.25, -0.2) is 0 Å². The van der Waals surface area contributed by atoms with Crippen LogP contribution < -0.4 is 5.73 Å². The molecule has 0 amide bonds. The molecule has 17 heavy (non-hydrogen) atoms. The molecular formula is C16H31N. The van der Waals surface area contributed by atoms with E-state index in [0.29, 0.717) is 5.41 Å². The van der Waals surface area contributed by atoms with E-state index in [1.54, 1.807) is 0 Å². The summed E-state index contributed by atoms with van der Waals surface area (Å²) in [6.07, 6.45) is 9.33. The van der Waals surface area contributed by atoms with Crippen molar-refractivity contribution in [1.29, 1.82) is 0 Å². The van der Waals surface area contributed by atoms with Gasteiger partial charge in [0.15, 0.2) is 0 Å². The van der Waals surface area contributed by atoms with Gasteiger partial charge < -0.3 is 5.73 Å². The molecule has 0 radical (unpaired) electrons. The Labute approximate surface area is 108 Å². The first-order chi connectivity index (χ1) is 7.98. The zero-order valence-electron chi connectivity index (χ0n) is 12.3. The molecule has 0 spiro atoms. The Balaban J connectivity index is 2.28. The molecule has 0 aromatic carbocycles. The summed E-state index contributed by atoms with van der Waals surface area (Å²) < 4.78 is 0. The summed E-state index contributed by atoms with van der Waals surface area (Å²) in [6.45, 7) is 9.54. The second kappa shape index (κ2) is 4.57. The Morgan fingerprint density at radius 2 is 1.82 bits per heavy atom. The minimum Gasteiger partial charge on any atom is -0.325 e. The molecule has 0 aromatic heterocycles. The van der Waals surface area contributed by atoms with Gasteiger partial charge in [0.1, 0.15) is 0 Å². The fourth-order valence-electron chi connectivity index (χ4n) is 4.95. The molecule has 2 fully saturated rings. The molecular weight excluding hydrogens is 206 g/mol. The third kappa shape index (κ3) is 2.16. The van der Waals surface area contributed by atoms with E-state index in [1.165, 1.54) is 38.5 Å². The van der Waals surface area contributed by atoms with E-state index in [4.69, 9.17) is 5.73 Å². The summed E-state index contributed by atoms with van der Waals surface area (Å²) in [5.74, 6) is 2.73. The van der Waals surface area contributed by atoms with Gasteiger partial charge in [0.25, 0.3) is 0 Å². The third-order valence-corrected chi connectivity index (χ3v) is 6.34. The van der Waals surface area contributed by atoms with Gasteiger partial charge in [-0.15, -0.1) is 0 Å². The van der Waals surface area contributed by atoms with Crippen LogP contribution in [0.1, 0.15) is 72.6 Å². The molecule has 0 heterocycles. The molecule has 0 saturated heterocycles. The number of hydrogen-bond acceptors (Lipinski definition) is 1. The number of fused-ring (bicyclic) bond motifs is 2. The van der Waals surface area contributed by atoms with Crippen LogP contribution in [-0.2, 0) is 0 Å². The zero-order valence-corrected chi connectivity index (χ0v) is 12.3.